The summed E-state index contributed by atoms with van der Waals surface area (Å²) in [5.41, 5.74) is 0. The maximum absolute atomic E-state index is 6.24. The molecule has 1 rings (SSSR count). The molecule has 0 heterocycles. The molecule has 0 saturated heterocycles. The van der Waals surface area contributed by atoms with E-state index in [0.717, 1.165) is 6.42 Å². The minimum absolute atomic E-state index is 0.325. The van der Waals surface area contributed by atoms with E-state index in [1.807, 2.05) is 0 Å². The van der Waals surface area contributed by atoms with Gasteiger partial charge >= 0.3 is 0 Å². The molecule has 0 radical (unpaired) electrons. The van der Waals surface area contributed by atoms with Gasteiger partial charge in [0.2, 0.25) is 8.32 Å². The highest BCUT2D eigenvalue weighted by Crippen LogP contribution is 2.39. The maximum atomic E-state index is 6.24. The minimum Gasteiger partial charge on any atom is -0.547 e. The minimum atomic E-state index is -1.56. The van der Waals surface area contributed by atoms with E-state index in [9.17, 15) is 0 Å². The highest BCUT2D eigenvalue weighted by molar-refractivity contribution is 6.74. The smallest absolute Gasteiger partial charge is 0.250 e. The fraction of sp³-hybridized carbons (Fsp3) is 0.833. The van der Waals surface area contributed by atoms with Crippen LogP contribution in [0, 0.1) is 0 Å². The van der Waals surface area contributed by atoms with Crippen LogP contribution in [0.15, 0.2) is 11.8 Å². The van der Waals surface area contributed by atoms with Crippen molar-refractivity contribution in [1.29, 1.82) is 0 Å². The monoisotopic (exact) mass is 212 g/mol. The third kappa shape index (κ3) is 2.87. The summed E-state index contributed by atoms with van der Waals surface area (Å²) < 4.78 is 6.24. The first kappa shape index (κ1) is 11.8. The standard InChI is InChI=1S/C12H24OSi/c1-12(2,3)14(4,5)13-11-9-7-6-8-10-11/h9H,6-8,10H2,1-5H3. The van der Waals surface area contributed by atoms with Gasteiger partial charge in [-0.1, -0.05) is 20.8 Å². The van der Waals surface area contributed by atoms with Crippen molar-refractivity contribution in [1.82, 2.24) is 0 Å². The normalized spacial score (nSPS) is 19.1. The second kappa shape index (κ2) is 4.09. The van der Waals surface area contributed by atoms with E-state index in [0.29, 0.717) is 5.04 Å². The predicted octanol–water partition coefficient (Wildman–Crippen LogP) is 4.47. The largest absolute Gasteiger partial charge is 0.547 e. The molecule has 0 aromatic rings. The first-order chi connectivity index (χ1) is 6.33. The molecule has 0 atom stereocenters. The molecule has 2 heteroatoms. The van der Waals surface area contributed by atoms with Crippen molar-refractivity contribution in [2.75, 3.05) is 0 Å². The summed E-state index contributed by atoms with van der Waals surface area (Å²) in [6.07, 6.45) is 7.31. The molecular formula is C12H24OSi. The van der Waals surface area contributed by atoms with Crippen molar-refractivity contribution >= 4 is 8.32 Å². The van der Waals surface area contributed by atoms with Gasteiger partial charge in [-0.3, -0.25) is 0 Å². The molecule has 0 unspecified atom stereocenters. The Morgan fingerprint density at radius 1 is 1.21 bits per heavy atom. The van der Waals surface area contributed by atoms with Crippen LogP contribution in [0.5, 0.6) is 0 Å². The molecule has 1 aliphatic carbocycles. The van der Waals surface area contributed by atoms with E-state index in [1.54, 1.807) is 0 Å². The number of hydrogen-bond acceptors (Lipinski definition) is 1. The summed E-state index contributed by atoms with van der Waals surface area (Å²) in [6.45, 7) is 11.5. The Hall–Kier alpha value is -0.243. The highest BCUT2D eigenvalue weighted by Gasteiger charge is 2.39. The molecule has 0 fully saturated rings. The van der Waals surface area contributed by atoms with Gasteiger partial charge in [0, 0.05) is 6.42 Å². The van der Waals surface area contributed by atoms with Gasteiger partial charge in [-0.2, -0.15) is 0 Å². The van der Waals surface area contributed by atoms with Gasteiger partial charge in [0.05, 0.1) is 5.76 Å². The molecule has 0 amide bonds. The van der Waals surface area contributed by atoms with Gasteiger partial charge < -0.3 is 4.43 Å². The second-order valence-corrected chi connectivity index (χ2v) is 10.5. The van der Waals surface area contributed by atoms with Crippen LogP contribution in [0.2, 0.25) is 18.1 Å². The van der Waals surface area contributed by atoms with Gasteiger partial charge in [0.1, 0.15) is 0 Å². The fourth-order valence-corrected chi connectivity index (χ4v) is 2.53. The topological polar surface area (TPSA) is 9.23 Å². The quantitative estimate of drug-likeness (QED) is 0.614. The van der Waals surface area contributed by atoms with Crippen LogP contribution in [-0.2, 0) is 4.43 Å². The lowest BCUT2D eigenvalue weighted by molar-refractivity contribution is 0.351. The average Bonchev–Trinajstić information content (AvgIpc) is 2.03. The van der Waals surface area contributed by atoms with E-state index >= 15 is 0 Å². The van der Waals surface area contributed by atoms with Crippen molar-refractivity contribution < 1.29 is 4.43 Å². The zero-order chi connectivity index (χ0) is 10.8. The predicted molar refractivity (Wildman–Crippen MR) is 64.8 cm³/mol. The molecule has 0 bridgehead atoms. The Bertz CT molecular complexity index is 223. The SMILES string of the molecule is CC(C)(C)[Si](C)(C)OC1=CCCCC1. The Labute approximate surface area is 89.7 Å². The average molecular weight is 212 g/mol. The van der Waals surface area contributed by atoms with Crippen molar-refractivity contribution in [3.63, 3.8) is 0 Å². The molecule has 1 aliphatic rings. The van der Waals surface area contributed by atoms with E-state index in [-0.39, 0.29) is 0 Å². The number of hydrogen-bond donors (Lipinski definition) is 0. The zero-order valence-electron chi connectivity index (χ0n) is 10.3. The summed E-state index contributed by atoms with van der Waals surface area (Å²) >= 11 is 0. The lowest BCUT2D eigenvalue weighted by atomic mass is 10.1. The summed E-state index contributed by atoms with van der Waals surface area (Å²) in [5.74, 6) is 1.27. The van der Waals surface area contributed by atoms with E-state index in [2.05, 4.69) is 39.9 Å². The molecule has 14 heavy (non-hydrogen) atoms. The first-order valence-electron chi connectivity index (χ1n) is 5.71. The highest BCUT2D eigenvalue weighted by atomic mass is 28.4. The van der Waals surface area contributed by atoms with Crippen LogP contribution in [-0.4, -0.2) is 8.32 Å². The molecule has 0 spiro atoms. The van der Waals surface area contributed by atoms with Crippen LogP contribution in [0.25, 0.3) is 0 Å². The van der Waals surface area contributed by atoms with Crippen molar-refractivity contribution in [3.05, 3.63) is 11.8 Å². The molecule has 0 N–H and O–H groups in total. The van der Waals surface area contributed by atoms with Gasteiger partial charge in [-0.15, -0.1) is 0 Å². The van der Waals surface area contributed by atoms with Crippen LogP contribution in [0.1, 0.15) is 46.5 Å². The van der Waals surface area contributed by atoms with Crippen LogP contribution in [0.4, 0.5) is 0 Å². The number of rotatable bonds is 2. The third-order valence-corrected chi connectivity index (χ3v) is 7.83. The van der Waals surface area contributed by atoms with E-state index in [1.165, 1.54) is 25.0 Å². The Balaban J connectivity index is 2.62. The molecule has 0 aromatic heterocycles. The molecule has 0 saturated carbocycles. The summed E-state index contributed by atoms with van der Waals surface area (Å²) in [4.78, 5) is 0. The Morgan fingerprint density at radius 3 is 2.29 bits per heavy atom. The third-order valence-electron chi connectivity index (χ3n) is 3.44. The first-order valence-corrected chi connectivity index (χ1v) is 8.62. The van der Waals surface area contributed by atoms with Gasteiger partial charge in [-0.25, -0.2) is 0 Å². The van der Waals surface area contributed by atoms with Gasteiger partial charge in [-0.05, 0) is 43.5 Å². The molecule has 1 nitrogen and oxygen atoms in total. The second-order valence-electron chi connectivity index (χ2n) is 5.78. The molecule has 0 aromatic carbocycles. The summed E-state index contributed by atoms with van der Waals surface area (Å²) in [5, 5.41) is 0.325. The lowest BCUT2D eigenvalue weighted by Gasteiger charge is -2.38. The maximum Gasteiger partial charge on any atom is 0.250 e. The molecule has 0 aliphatic heterocycles. The fourth-order valence-electron chi connectivity index (χ4n) is 1.38. The van der Waals surface area contributed by atoms with E-state index in [4.69, 9.17) is 4.43 Å². The van der Waals surface area contributed by atoms with Crippen molar-refractivity contribution in [3.8, 4) is 0 Å². The van der Waals surface area contributed by atoms with Crippen LogP contribution in [0.3, 0.4) is 0 Å². The van der Waals surface area contributed by atoms with E-state index < -0.39 is 8.32 Å². The zero-order valence-corrected chi connectivity index (χ0v) is 11.3. The summed E-state index contributed by atoms with van der Waals surface area (Å²) in [7, 11) is -1.56. The number of allylic oxidation sites excluding steroid dienone is 2. The Morgan fingerprint density at radius 2 is 1.86 bits per heavy atom. The lowest BCUT2D eigenvalue weighted by Crippen LogP contribution is -2.40. The van der Waals surface area contributed by atoms with Crippen molar-refractivity contribution in [2.24, 2.45) is 0 Å². The van der Waals surface area contributed by atoms with Crippen molar-refractivity contribution in [2.45, 2.75) is 64.6 Å². The van der Waals surface area contributed by atoms with Gasteiger partial charge in [0.25, 0.3) is 0 Å². The van der Waals surface area contributed by atoms with Gasteiger partial charge in [0.15, 0.2) is 0 Å². The summed E-state index contributed by atoms with van der Waals surface area (Å²) in [6, 6.07) is 0. The van der Waals surface area contributed by atoms with Crippen LogP contribution >= 0.6 is 0 Å². The molecular weight excluding hydrogens is 188 g/mol. The molecule has 82 valence electrons. The Kier molecular flexibility index (Phi) is 3.46. The van der Waals surface area contributed by atoms with Crippen LogP contribution < -0.4 is 0 Å².